The predicted molar refractivity (Wildman–Crippen MR) is 115 cm³/mol. The molecule has 1 aliphatic heterocycles. The lowest BCUT2D eigenvalue weighted by Gasteiger charge is -2.15. The number of sulfone groups is 1. The molecular formula is C17H28IN3O4S. The molecule has 0 bridgehead atoms. The highest BCUT2D eigenvalue weighted by molar-refractivity contribution is 14.0. The maximum absolute atomic E-state index is 11.2. The second kappa shape index (κ2) is 10.2. The molecule has 0 spiro atoms. The van der Waals surface area contributed by atoms with Crippen LogP contribution in [0.5, 0.6) is 11.5 Å². The van der Waals surface area contributed by atoms with E-state index in [1.165, 1.54) is 6.26 Å². The highest BCUT2D eigenvalue weighted by Crippen LogP contribution is 2.35. The maximum atomic E-state index is 11.2. The van der Waals surface area contributed by atoms with Gasteiger partial charge in [-0.25, -0.2) is 8.42 Å². The van der Waals surface area contributed by atoms with E-state index in [-0.39, 0.29) is 35.8 Å². The standard InChI is InChI=1S/C17H27N3O4S.HI/c1-5-23-15-9-13-8-12(2)24-16(13)10-14(15)11-20-17(18-3)19-6-7-25(4,21)22;/h9-10,12H,5-8,11H2,1-4H3,(H2,18,19,20);1H. The van der Waals surface area contributed by atoms with Crippen molar-refractivity contribution < 1.29 is 17.9 Å². The summed E-state index contributed by atoms with van der Waals surface area (Å²) in [5, 5.41) is 6.18. The monoisotopic (exact) mass is 497 g/mol. The molecule has 0 amide bonds. The molecule has 1 unspecified atom stereocenters. The first-order valence-corrected chi connectivity index (χ1v) is 10.5. The molecule has 26 heavy (non-hydrogen) atoms. The molecule has 1 aromatic carbocycles. The predicted octanol–water partition coefficient (Wildman–Crippen LogP) is 1.74. The zero-order valence-corrected chi connectivity index (χ0v) is 18.8. The number of halogens is 1. The summed E-state index contributed by atoms with van der Waals surface area (Å²) in [6.07, 6.45) is 2.28. The molecule has 0 fully saturated rings. The fourth-order valence-electron chi connectivity index (χ4n) is 2.66. The molecule has 1 aromatic rings. The molecule has 148 valence electrons. The van der Waals surface area contributed by atoms with Crippen molar-refractivity contribution in [2.24, 2.45) is 4.99 Å². The Labute approximate surface area is 172 Å². The van der Waals surface area contributed by atoms with E-state index in [0.29, 0.717) is 25.7 Å². The average molecular weight is 497 g/mol. The van der Waals surface area contributed by atoms with Crippen LogP contribution in [-0.4, -0.2) is 52.7 Å². The van der Waals surface area contributed by atoms with Crippen LogP contribution in [0.2, 0.25) is 0 Å². The second-order valence-corrected chi connectivity index (χ2v) is 8.38. The minimum absolute atomic E-state index is 0. The van der Waals surface area contributed by atoms with Gasteiger partial charge in [0.2, 0.25) is 0 Å². The van der Waals surface area contributed by atoms with Gasteiger partial charge in [0.05, 0.1) is 12.4 Å². The molecule has 2 rings (SSSR count). The van der Waals surface area contributed by atoms with Crippen LogP contribution in [0.25, 0.3) is 0 Å². The van der Waals surface area contributed by atoms with Crippen LogP contribution < -0.4 is 20.1 Å². The number of hydrogen-bond acceptors (Lipinski definition) is 5. The van der Waals surface area contributed by atoms with Gasteiger partial charge in [-0.3, -0.25) is 4.99 Å². The number of fused-ring (bicyclic) bond motifs is 1. The van der Waals surface area contributed by atoms with Crippen molar-refractivity contribution in [1.82, 2.24) is 10.6 Å². The van der Waals surface area contributed by atoms with E-state index in [2.05, 4.69) is 15.6 Å². The van der Waals surface area contributed by atoms with Crippen LogP contribution in [0.1, 0.15) is 25.0 Å². The van der Waals surface area contributed by atoms with Crippen LogP contribution in [-0.2, 0) is 22.8 Å². The zero-order chi connectivity index (χ0) is 18.4. The third kappa shape index (κ3) is 6.82. The molecular weight excluding hydrogens is 469 g/mol. The van der Waals surface area contributed by atoms with Crippen LogP contribution in [0, 0.1) is 0 Å². The van der Waals surface area contributed by atoms with Crippen LogP contribution in [0.4, 0.5) is 0 Å². The molecule has 0 radical (unpaired) electrons. The van der Waals surface area contributed by atoms with Crippen LogP contribution >= 0.6 is 24.0 Å². The van der Waals surface area contributed by atoms with Crippen molar-refractivity contribution in [2.45, 2.75) is 32.9 Å². The SMILES string of the molecule is CCOc1cc2c(cc1CNC(=NC)NCCS(C)(=O)=O)OC(C)C2.I. The highest BCUT2D eigenvalue weighted by Gasteiger charge is 2.21. The van der Waals surface area contributed by atoms with Gasteiger partial charge in [-0.1, -0.05) is 0 Å². The number of hydrogen-bond donors (Lipinski definition) is 2. The Kier molecular flexibility index (Phi) is 8.94. The number of ether oxygens (including phenoxy) is 2. The smallest absolute Gasteiger partial charge is 0.191 e. The summed E-state index contributed by atoms with van der Waals surface area (Å²) in [6, 6.07) is 4.04. The first kappa shape index (κ1) is 22.8. The summed E-state index contributed by atoms with van der Waals surface area (Å²) in [7, 11) is -1.36. The lowest BCUT2D eigenvalue weighted by molar-refractivity contribution is 0.254. The molecule has 0 aliphatic carbocycles. The second-order valence-electron chi connectivity index (χ2n) is 6.12. The van der Waals surface area contributed by atoms with E-state index >= 15 is 0 Å². The maximum Gasteiger partial charge on any atom is 0.191 e. The van der Waals surface area contributed by atoms with Crippen molar-refractivity contribution in [3.63, 3.8) is 0 Å². The van der Waals surface area contributed by atoms with Gasteiger partial charge < -0.3 is 20.1 Å². The number of guanidine groups is 1. The molecule has 1 aliphatic rings. The quantitative estimate of drug-likeness (QED) is 0.339. The van der Waals surface area contributed by atoms with Gasteiger partial charge in [-0.05, 0) is 26.0 Å². The minimum atomic E-state index is -3.00. The fourth-order valence-corrected chi connectivity index (χ4v) is 3.14. The molecule has 2 N–H and O–H groups in total. The lowest BCUT2D eigenvalue weighted by atomic mass is 10.1. The van der Waals surface area contributed by atoms with Crippen molar-refractivity contribution >= 4 is 39.8 Å². The normalized spacial score (nSPS) is 16.3. The fraction of sp³-hybridized carbons (Fsp3) is 0.588. The van der Waals surface area contributed by atoms with E-state index in [1.54, 1.807) is 7.05 Å². The van der Waals surface area contributed by atoms with Crippen LogP contribution in [0.3, 0.4) is 0 Å². The molecule has 0 aromatic heterocycles. The van der Waals surface area contributed by atoms with Crippen molar-refractivity contribution in [1.29, 1.82) is 0 Å². The largest absolute Gasteiger partial charge is 0.494 e. The van der Waals surface area contributed by atoms with Crippen LogP contribution in [0.15, 0.2) is 17.1 Å². The van der Waals surface area contributed by atoms with Gasteiger partial charge >= 0.3 is 0 Å². The number of aliphatic imine (C=N–C) groups is 1. The van der Waals surface area contributed by atoms with Gasteiger partial charge in [0.1, 0.15) is 27.4 Å². The van der Waals surface area contributed by atoms with Gasteiger partial charge in [0, 0.05) is 43.9 Å². The Balaban J connectivity index is 0.00000338. The van der Waals surface area contributed by atoms with E-state index in [0.717, 1.165) is 29.0 Å². The Bertz CT molecular complexity index is 738. The topological polar surface area (TPSA) is 89.0 Å². The Morgan fingerprint density at radius 3 is 2.73 bits per heavy atom. The number of nitrogens with zero attached hydrogens (tertiary/aromatic N) is 1. The van der Waals surface area contributed by atoms with Gasteiger partial charge in [-0.15, -0.1) is 24.0 Å². The first-order chi connectivity index (χ1) is 11.8. The molecule has 1 atom stereocenters. The van der Waals surface area contributed by atoms with E-state index < -0.39 is 9.84 Å². The first-order valence-electron chi connectivity index (χ1n) is 8.40. The van der Waals surface area contributed by atoms with Crippen molar-refractivity contribution in [3.05, 3.63) is 23.3 Å². The molecule has 7 nitrogen and oxygen atoms in total. The van der Waals surface area contributed by atoms with Crippen molar-refractivity contribution in [2.75, 3.05) is 32.2 Å². The molecule has 1 heterocycles. The van der Waals surface area contributed by atoms with Gasteiger partial charge in [0.25, 0.3) is 0 Å². The minimum Gasteiger partial charge on any atom is -0.494 e. The molecule has 0 saturated carbocycles. The van der Waals surface area contributed by atoms with E-state index in [9.17, 15) is 8.42 Å². The number of benzene rings is 1. The summed E-state index contributed by atoms with van der Waals surface area (Å²) in [6.45, 7) is 5.39. The van der Waals surface area contributed by atoms with Crippen molar-refractivity contribution in [3.8, 4) is 11.5 Å². The third-order valence-electron chi connectivity index (χ3n) is 3.81. The zero-order valence-electron chi connectivity index (χ0n) is 15.7. The highest BCUT2D eigenvalue weighted by atomic mass is 127. The Hall–Kier alpha value is -1.23. The summed E-state index contributed by atoms with van der Waals surface area (Å²) < 4.78 is 34.0. The lowest BCUT2D eigenvalue weighted by Crippen LogP contribution is -2.39. The summed E-state index contributed by atoms with van der Waals surface area (Å²) >= 11 is 0. The van der Waals surface area contributed by atoms with Gasteiger partial charge in [0.15, 0.2) is 5.96 Å². The van der Waals surface area contributed by atoms with Gasteiger partial charge in [-0.2, -0.15) is 0 Å². The summed E-state index contributed by atoms with van der Waals surface area (Å²) in [5.41, 5.74) is 2.14. The third-order valence-corrected chi connectivity index (χ3v) is 4.76. The average Bonchev–Trinajstić information content (AvgIpc) is 2.88. The Morgan fingerprint density at radius 2 is 2.12 bits per heavy atom. The summed E-state index contributed by atoms with van der Waals surface area (Å²) in [5.74, 6) is 2.33. The number of rotatable bonds is 7. The van der Waals surface area contributed by atoms with E-state index in [1.807, 2.05) is 26.0 Å². The molecule has 0 saturated heterocycles. The molecule has 9 heteroatoms. The Morgan fingerprint density at radius 1 is 1.38 bits per heavy atom. The van der Waals surface area contributed by atoms with E-state index in [4.69, 9.17) is 9.47 Å². The number of nitrogens with one attached hydrogen (secondary N) is 2. The summed E-state index contributed by atoms with van der Waals surface area (Å²) in [4.78, 5) is 4.11.